The van der Waals surface area contributed by atoms with E-state index in [0.717, 1.165) is 0 Å². The molecular formula is C7H15NS. The molecule has 0 aliphatic heterocycles. The summed E-state index contributed by atoms with van der Waals surface area (Å²) in [5.41, 5.74) is 0. The predicted molar refractivity (Wildman–Crippen MR) is 47.3 cm³/mol. The fraction of sp³-hybridized carbons (Fsp3) is 0.429. The summed E-state index contributed by atoms with van der Waals surface area (Å²) in [7, 11) is 0. The first-order chi connectivity index (χ1) is 4.41. The molecule has 0 aliphatic rings. The van der Waals surface area contributed by atoms with Crippen molar-refractivity contribution in [3.63, 3.8) is 0 Å². The van der Waals surface area contributed by atoms with Crippen molar-refractivity contribution in [1.29, 1.82) is 0 Å². The van der Waals surface area contributed by atoms with Crippen molar-refractivity contribution in [2.75, 3.05) is 6.26 Å². The monoisotopic (exact) mass is 145 g/mol. The van der Waals surface area contributed by atoms with Crippen molar-refractivity contribution in [2.24, 2.45) is 0 Å². The van der Waals surface area contributed by atoms with Crippen LogP contribution in [0.2, 0.25) is 0 Å². The minimum atomic E-state index is 1.63. The average Bonchev–Trinajstić information content (AvgIpc) is 1.94. The zero-order valence-electron chi connectivity index (χ0n) is 6.35. The van der Waals surface area contributed by atoms with Gasteiger partial charge in [0.05, 0.1) is 0 Å². The molecule has 0 radical (unpaired) electrons. The molecule has 0 aliphatic carbocycles. The van der Waals surface area contributed by atoms with E-state index in [1.807, 2.05) is 31.7 Å². The molecule has 1 N–H and O–H groups in total. The molecular weight excluding hydrogens is 130 g/mol. The van der Waals surface area contributed by atoms with E-state index < -0.39 is 0 Å². The van der Waals surface area contributed by atoms with Gasteiger partial charge in [-0.05, 0) is 17.9 Å². The van der Waals surface area contributed by atoms with E-state index in [0.29, 0.717) is 0 Å². The lowest BCUT2D eigenvalue weighted by atomic mass is 10.9. The topological polar surface area (TPSA) is 12.0 Å². The normalized spacial score (nSPS) is 7.89. The lowest BCUT2D eigenvalue weighted by molar-refractivity contribution is 1.21. The van der Waals surface area contributed by atoms with Crippen molar-refractivity contribution in [3.8, 4) is 0 Å². The van der Waals surface area contributed by atoms with Crippen LogP contribution < -0.4 is 5.32 Å². The molecule has 0 fully saturated rings. The second kappa shape index (κ2) is 15.6. The Labute approximate surface area is 62.2 Å². The first kappa shape index (κ1) is 11.4. The summed E-state index contributed by atoms with van der Waals surface area (Å²) in [6.07, 6.45) is 5.46. The Morgan fingerprint density at radius 2 is 2.00 bits per heavy atom. The highest BCUT2D eigenvalue weighted by Crippen LogP contribution is 1.89. The van der Waals surface area contributed by atoms with Gasteiger partial charge in [-0.25, -0.2) is 0 Å². The maximum absolute atomic E-state index is 3.46. The Balaban J connectivity index is 0. The van der Waals surface area contributed by atoms with Gasteiger partial charge in [-0.2, -0.15) is 0 Å². The van der Waals surface area contributed by atoms with E-state index in [2.05, 4.69) is 11.9 Å². The highest BCUT2D eigenvalue weighted by Gasteiger charge is 1.59. The van der Waals surface area contributed by atoms with Crippen LogP contribution >= 0.6 is 11.8 Å². The van der Waals surface area contributed by atoms with Crippen LogP contribution in [0.3, 0.4) is 0 Å². The fourth-order valence-electron chi connectivity index (χ4n) is 0.175. The second-order valence-electron chi connectivity index (χ2n) is 0.909. The molecule has 0 saturated carbocycles. The highest BCUT2D eigenvalue weighted by molar-refractivity contribution is 8.01. The van der Waals surface area contributed by atoms with Gasteiger partial charge in [-0.1, -0.05) is 20.4 Å². The molecule has 0 unspecified atom stereocenters. The number of hydrogen-bond donors (Lipinski definition) is 1. The number of thioether (sulfide) groups is 1. The summed E-state index contributed by atoms with van der Waals surface area (Å²) in [4.78, 5) is 0. The second-order valence-corrected chi connectivity index (χ2v) is 1.65. The zero-order valence-corrected chi connectivity index (χ0v) is 7.16. The molecule has 0 aromatic rings. The standard InChI is InChI=1S/C5H9NS.C2H6/c1-3-6-4-5-7-2;1-2/h3-6H,1H2,2H3;1-2H3/b5-4-;. The maximum atomic E-state index is 3.46. The smallest absolute Gasteiger partial charge is 0.00676 e. The average molecular weight is 145 g/mol. The molecule has 9 heavy (non-hydrogen) atoms. The largest absolute Gasteiger partial charge is 0.368 e. The van der Waals surface area contributed by atoms with Crippen molar-refractivity contribution >= 4 is 11.8 Å². The lowest BCUT2D eigenvalue weighted by Gasteiger charge is -1.81. The summed E-state index contributed by atoms with van der Waals surface area (Å²) >= 11 is 1.65. The van der Waals surface area contributed by atoms with Gasteiger partial charge >= 0.3 is 0 Å². The molecule has 0 saturated heterocycles. The van der Waals surface area contributed by atoms with E-state index in [4.69, 9.17) is 0 Å². The fourth-order valence-corrected chi connectivity index (χ4v) is 0.390. The molecule has 54 valence electrons. The molecule has 0 spiro atoms. The Morgan fingerprint density at radius 3 is 2.33 bits per heavy atom. The quantitative estimate of drug-likeness (QED) is 0.655. The Morgan fingerprint density at radius 1 is 1.44 bits per heavy atom. The predicted octanol–water partition coefficient (Wildman–Crippen LogP) is 2.58. The number of hydrogen-bond acceptors (Lipinski definition) is 2. The molecule has 0 heterocycles. The molecule has 0 aromatic carbocycles. The van der Waals surface area contributed by atoms with Gasteiger partial charge in [-0.15, -0.1) is 11.8 Å². The van der Waals surface area contributed by atoms with Gasteiger partial charge in [-0.3, -0.25) is 0 Å². The first-order valence-corrected chi connectivity index (χ1v) is 4.25. The van der Waals surface area contributed by atoms with Gasteiger partial charge in [0.15, 0.2) is 0 Å². The van der Waals surface area contributed by atoms with Gasteiger partial charge < -0.3 is 5.32 Å². The summed E-state index contributed by atoms with van der Waals surface area (Å²) < 4.78 is 0. The SMILES string of the molecule is C=CN/C=C\SC.CC. The lowest BCUT2D eigenvalue weighted by Crippen LogP contribution is -1.87. The zero-order chi connectivity index (χ0) is 7.54. The van der Waals surface area contributed by atoms with Crippen molar-refractivity contribution in [2.45, 2.75) is 13.8 Å². The molecule has 2 heteroatoms. The molecule has 0 amide bonds. The molecule has 0 atom stereocenters. The summed E-state index contributed by atoms with van der Waals surface area (Å²) in [6.45, 7) is 7.46. The van der Waals surface area contributed by atoms with Gasteiger partial charge in [0.25, 0.3) is 0 Å². The van der Waals surface area contributed by atoms with Crippen LogP contribution in [0.25, 0.3) is 0 Å². The number of nitrogens with one attached hydrogen (secondary N) is 1. The number of rotatable bonds is 3. The third kappa shape index (κ3) is 18.4. The van der Waals surface area contributed by atoms with E-state index >= 15 is 0 Å². The molecule has 0 bridgehead atoms. The molecule has 0 rings (SSSR count). The summed E-state index contributed by atoms with van der Waals surface area (Å²) in [5, 5.41) is 4.76. The van der Waals surface area contributed by atoms with Crippen LogP contribution in [-0.4, -0.2) is 6.26 Å². The molecule has 1 nitrogen and oxygen atoms in total. The molecule has 0 aromatic heterocycles. The van der Waals surface area contributed by atoms with Gasteiger partial charge in [0.1, 0.15) is 0 Å². The van der Waals surface area contributed by atoms with Crippen LogP contribution in [0.5, 0.6) is 0 Å². The van der Waals surface area contributed by atoms with Crippen molar-refractivity contribution in [1.82, 2.24) is 5.32 Å². The highest BCUT2D eigenvalue weighted by atomic mass is 32.2. The van der Waals surface area contributed by atoms with Crippen LogP contribution in [0.4, 0.5) is 0 Å². The van der Waals surface area contributed by atoms with E-state index in [1.165, 1.54) is 0 Å². The van der Waals surface area contributed by atoms with Gasteiger partial charge in [0.2, 0.25) is 0 Å². The van der Waals surface area contributed by atoms with Crippen LogP contribution in [-0.2, 0) is 0 Å². The maximum Gasteiger partial charge on any atom is 0.00676 e. The first-order valence-electron chi connectivity index (χ1n) is 2.96. The Bertz CT molecular complexity index is 69.3. The van der Waals surface area contributed by atoms with Crippen LogP contribution in [0, 0.1) is 0 Å². The van der Waals surface area contributed by atoms with E-state index in [9.17, 15) is 0 Å². The summed E-state index contributed by atoms with van der Waals surface area (Å²) in [6, 6.07) is 0. The van der Waals surface area contributed by atoms with E-state index in [1.54, 1.807) is 18.0 Å². The van der Waals surface area contributed by atoms with E-state index in [-0.39, 0.29) is 0 Å². The Kier molecular flexibility index (Phi) is 19.9. The Hall–Kier alpha value is -0.370. The summed E-state index contributed by atoms with van der Waals surface area (Å²) in [5.74, 6) is 0. The van der Waals surface area contributed by atoms with Crippen molar-refractivity contribution in [3.05, 3.63) is 24.4 Å². The minimum Gasteiger partial charge on any atom is -0.368 e. The van der Waals surface area contributed by atoms with Crippen LogP contribution in [0.15, 0.2) is 24.4 Å². The third-order valence-corrected chi connectivity index (χ3v) is 0.826. The minimum absolute atomic E-state index is 1.63. The van der Waals surface area contributed by atoms with Crippen molar-refractivity contribution < 1.29 is 0 Å². The third-order valence-electron chi connectivity index (χ3n) is 0.418. The van der Waals surface area contributed by atoms with Crippen LogP contribution in [0.1, 0.15) is 13.8 Å². The van der Waals surface area contributed by atoms with Gasteiger partial charge in [0, 0.05) is 6.20 Å².